The molecule has 8 heteroatoms. The third-order valence-electron chi connectivity index (χ3n) is 3.50. The highest BCUT2D eigenvalue weighted by Crippen LogP contribution is 2.27. The summed E-state index contributed by atoms with van der Waals surface area (Å²) in [5.41, 5.74) is 2.06. The number of anilines is 1. The van der Waals surface area contributed by atoms with Crippen LogP contribution in [0.1, 0.15) is 5.56 Å². The number of phenols is 1. The second-order valence-corrected chi connectivity index (χ2v) is 6.58. The Bertz CT molecular complexity index is 913. The Morgan fingerprint density at radius 1 is 1.28 bits per heavy atom. The molecule has 0 aliphatic heterocycles. The number of amides is 1. The van der Waals surface area contributed by atoms with E-state index in [1.165, 1.54) is 11.8 Å². The number of aromatic hydroxyl groups is 1. The van der Waals surface area contributed by atoms with Gasteiger partial charge in [0, 0.05) is 10.7 Å². The van der Waals surface area contributed by atoms with Crippen molar-refractivity contribution in [2.24, 2.45) is 0 Å². The van der Waals surface area contributed by atoms with Gasteiger partial charge in [-0.15, -0.1) is 5.10 Å². The summed E-state index contributed by atoms with van der Waals surface area (Å²) in [7, 11) is 0. The standard InChI is InChI=1S/C17H15ClN4O2S/c1-10-12(18)6-4-7-13(10)19-15(24)9-25-17-20-16(21-22-17)11-5-2-3-8-14(11)23/h2-8,23H,9H2,1H3,(H,19,24)(H,20,21,22). The summed E-state index contributed by atoms with van der Waals surface area (Å²) in [5, 5.41) is 20.5. The molecule has 1 amide bonds. The van der Waals surface area contributed by atoms with Crippen molar-refractivity contribution in [3.8, 4) is 17.1 Å². The minimum atomic E-state index is -0.177. The summed E-state index contributed by atoms with van der Waals surface area (Å²) in [4.78, 5) is 16.4. The van der Waals surface area contributed by atoms with Crippen LogP contribution < -0.4 is 5.32 Å². The Labute approximate surface area is 153 Å². The van der Waals surface area contributed by atoms with Crippen molar-refractivity contribution in [2.75, 3.05) is 11.1 Å². The Morgan fingerprint density at radius 3 is 2.88 bits per heavy atom. The number of thioether (sulfide) groups is 1. The molecule has 0 aliphatic carbocycles. The Kier molecular flexibility index (Phi) is 5.25. The number of aromatic nitrogens is 3. The summed E-state index contributed by atoms with van der Waals surface area (Å²) < 4.78 is 0. The summed E-state index contributed by atoms with van der Waals surface area (Å²) in [6.45, 7) is 1.85. The molecule has 0 spiro atoms. The number of hydrogen-bond donors (Lipinski definition) is 3. The van der Waals surface area contributed by atoms with Crippen LogP contribution in [0.5, 0.6) is 5.75 Å². The van der Waals surface area contributed by atoms with Crippen LogP contribution in [0.15, 0.2) is 47.6 Å². The van der Waals surface area contributed by atoms with E-state index in [2.05, 4.69) is 20.5 Å². The third kappa shape index (κ3) is 4.12. The quantitative estimate of drug-likeness (QED) is 0.590. The maximum atomic E-state index is 12.1. The number of carbonyl (C=O) groups excluding carboxylic acids is 1. The number of phenolic OH excluding ortho intramolecular Hbond substituents is 1. The smallest absolute Gasteiger partial charge is 0.234 e. The number of para-hydroxylation sites is 1. The number of nitrogens with one attached hydrogen (secondary N) is 2. The fraction of sp³-hybridized carbons (Fsp3) is 0.118. The number of aromatic amines is 1. The van der Waals surface area contributed by atoms with Crippen LogP contribution in [0, 0.1) is 6.92 Å². The fourth-order valence-electron chi connectivity index (χ4n) is 2.16. The van der Waals surface area contributed by atoms with Crippen molar-refractivity contribution < 1.29 is 9.90 Å². The molecule has 6 nitrogen and oxygen atoms in total. The van der Waals surface area contributed by atoms with Crippen LogP contribution in [0.3, 0.4) is 0 Å². The largest absolute Gasteiger partial charge is 0.507 e. The number of halogens is 1. The van der Waals surface area contributed by atoms with E-state index in [0.29, 0.717) is 27.3 Å². The highest BCUT2D eigenvalue weighted by atomic mass is 35.5. The first kappa shape index (κ1) is 17.3. The fourth-order valence-corrected chi connectivity index (χ4v) is 2.94. The summed E-state index contributed by atoms with van der Waals surface area (Å²) in [5.74, 6) is 0.546. The highest BCUT2D eigenvalue weighted by Gasteiger charge is 2.12. The van der Waals surface area contributed by atoms with Crippen LogP contribution in [-0.4, -0.2) is 31.9 Å². The molecule has 0 saturated carbocycles. The van der Waals surface area contributed by atoms with Crippen molar-refractivity contribution in [1.29, 1.82) is 0 Å². The lowest BCUT2D eigenvalue weighted by Gasteiger charge is -2.08. The maximum absolute atomic E-state index is 12.1. The first-order valence-electron chi connectivity index (χ1n) is 7.43. The Balaban J connectivity index is 1.62. The molecule has 0 fully saturated rings. The zero-order valence-corrected chi connectivity index (χ0v) is 14.9. The average molecular weight is 375 g/mol. The van der Waals surface area contributed by atoms with E-state index in [9.17, 15) is 9.90 Å². The van der Waals surface area contributed by atoms with Gasteiger partial charge in [-0.2, -0.15) is 0 Å². The van der Waals surface area contributed by atoms with Crippen molar-refractivity contribution in [1.82, 2.24) is 15.2 Å². The van der Waals surface area contributed by atoms with Gasteiger partial charge in [0.05, 0.1) is 11.3 Å². The van der Waals surface area contributed by atoms with Gasteiger partial charge in [0.15, 0.2) is 5.82 Å². The predicted octanol–water partition coefficient (Wildman–Crippen LogP) is 3.87. The molecule has 0 radical (unpaired) electrons. The molecule has 25 heavy (non-hydrogen) atoms. The average Bonchev–Trinajstić information content (AvgIpc) is 3.06. The number of benzene rings is 2. The van der Waals surface area contributed by atoms with Crippen LogP contribution in [0.25, 0.3) is 11.4 Å². The van der Waals surface area contributed by atoms with Gasteiger partial charge in [-0.3, -0.25) is 9.89 Å². The van der Waals surface area contributed by atoms with Crippen molar-refractivity contribution >= 4 is 35.0 Å². The minimum absolute atomic E-state index is 0.115. The summed E-state index contributed by atoms with van der Waals surface area (Å²) >= 11 is 7.24. The van der Waals surface area contributed by atoms with E-state index in [4.69, 9.17) is 11.6 Å². The molecule has 3 aromatic rings. The molecule has 0 atom stereocenters. The SMILES string of the molecule is Cc1c(Cl)cccc1NC(=O)CSc1n[nH]c(-c2ccccc2O)n1. The van der Waals surface area contributed by atoms with E-state index in [1.54, 1.807) is 42.5 Å². The van der Waals surface area contributed by atoms with Gasteiger partial charge >= 0.3 is 0 Å². The molecule has 0 unspecified atom stereocenters. The van der Waals surface area contributed by atoms with Crippen molar-refractivity contribution in [3.63, 3.8) is 0 Å². The molecular formula is C17H15ClN4O2S. The van der Waals surface area contributed by atoms with Gasteiger partial charge in [-0.25, -0.2) is 4.98 Å². The highest BCUT2D eigenvalue weighted by molar-refractivity contribution is 7.99. The maximum Gasteiger partial charge on any atom is 0.234 e. The lowest BCUT2D eigenvalue weighted by atomic mass is 10.2. The Hall–Kier alpha value is -2.51. The van der Waals surface area contributed by atoms with Crippen LogP contribution in [0.2, 0.25) is 5.02 Å². The molecule has 0 saturated heterocycles. The van der Waals surface area contributed by atoms with Gasteiger partial charge < -0.3 is 10.4 Å². The van der Waals surface area contributed by atoms with E-state index < -0.39 is 0 Å². The minimum Gasteiger partial charge on any atom is -0.507 e. The van der Waals surface area contributed by atoms with Gasteiger partial charge in [-0.1, -0.05) is 41.6 Å². The second-order valence-electron chi connectivity index (χ2n) is 5.23. The van der Waals surface area contributed by atoms with E-state index in [1.807, 2.05) is 6.92 Å². The molecule has 3 N–H and O–H groups in total. The molecule has 3 rings (SSSR count). The van der Waals surface area contributed by atoms with Crippen molar-refractivity contribution in [2.45, 2.75) is 12.1 Å². The molecular weight excluding hydrogens is 360 g/mol. The van der Waals surface area contributed by atoms with E-state index in [0.717, 1.165) is 5.56 Å². The zero-order valence-electron chi connectivity index (χ0n) is 13.3. The first-order chi connectivity index (χ1) is 12.0. The van der Waals surface area contributed by atoms with Crippen LogP contribution in [0.4, 0.5) is 5.69 Å². The normalized spacial score (nSPS) is 10.6. The molecule has 2 aromatic carbocycles. The van der Waals surface area contributed by atoms with Gasteiger partial charge in [0.2, 0.25) is 11.1 Å². The van der Waals surface area contributed by atoms with E-state index >= 15 is 0 Å². The molecule has 0 aliphatic rings. The molecule has 1 heterocycles. The number of carbonyl (C=O) groups is 1. The van der Waals surface area contributed by atoms with Crippen molar-refractivity contribution in [3.05, 3.63) is 53.1 Å². The van der Waals surface area contributed by atoms with Gasteiger partial charge in [0.1, 0.15) is 5.75 Å². The van der Waals surface area contributed by atoms with Gasteiger partial charge in [-0.05, 0) is 36.8 Å². The van der Waals surface area contributed by atoms with Crippen LogP contribution >= 0.6 is 23.4 Å². The van der Waals surface area contributed by atoms with E-state index in [-0.39, 0.29) is 17.4 Å². The lowest BCUT2D eigenvalue weighted by molar-refractivity contribution is -0.113. The molecule has 1 aromatic heterocycles. The predicted molar refractivity (Wildman–Crippen MR) is 99.0 cm³/mol. The van der Waals surface area contributed by atoms with Crippen LogP contribution in [-0.2, 0) is 4.79 Å². The van der Waals surface area contributed by atoms with Gasteiger partial charge in [0.25, 0.3) is 0 Å². The monoisotopic (exact) mass is 374 g/mol. The summed E-state index contributed by atoms with van der Waals surface area (Å²) in [6, 6.07) is 12.2. The Morgan fingerprint density at radius 2 is 2.08 bits per heavy atom. The lowest BCUT2D eigenvalue weighted by Crippen LogP contribution is -2.15. The molecule has 0 bridgehead atoms. The third-order valence-corrected chi connectivity index (χ3v) is 4.75. The first-order valence-corrected chi connectivity index (χ1v) is 8.79. The second kappa shape index (κ2) is 7.58. The number of hydrogen-bond acceptors (Lipinski definition) is 5. The topological polar surface area (TPSA) is 90.9 Å². The number of rotatable bonds is 5. The molecule has 128 valence electrons. The number of H-pyrrole nitrogens is 1. The summed E-state index contributed by atoms with van der Waals surface area (Å²) in [6.07, 6.45) is 0. The number of nitrogens with zero attached hydrogens (tertiary/aromatic N) is 2. The zero-order chi connectivity index (χ0) is 17.8.